The van der Waals surface area contributed by atoms with Crippen molar-refractivity contribution in [3.8, 4) is 0 Å². The molecule has 0 amide bonds. The van der Waals surface area contributed by atoms with Crippen molar-refractivity contribution < 1.29 is 17.7 Å². The summed E-state index contributed by atoms with van der Waals surface area (Å²) in [7, 11) is 0. The highest BCUT2D eigenvalue weighted by Crippen LogP contribution is 2.37. The van der Waals surface area contributed by atoms with E-state index in [2.05, 4.69) is 22.3 Å². The van der Waals surface area contributed by atoms with Crippen LogP contribution < -0.4 is 5.32 Å². The zero-order valence-electron chi connectivity index (χ0n) is 13.6. The zero-order valence-corrected chi connectivity index (χ0v) is 13.6. The van der Waals surface area contributed by atoms with Gasteiger partial charge < -0.3 is 14.7 Å². The maximum atomic E-state index is 12.7. The van der Waals surface area contributed by atoms with Gasteiger partial charge in [0.15, 0.2) is 0 Å². The Hall–Kier alpha value is -1.08. The van der Waals surface area contributed by atoms with E-state index >= 15 is 0 Å². The van der Waals surface area contributed by atoms with Crippen molar-refractivity contribution in [2.45, 2.75) is 63.8 Å². The molecule has 0 bridgehead atoms. The molecule has 2 aliphatic rings. The van der Waals surface area contributed by atoms with Crippen LogP contribution in [0, 0.1) is 12.8 Å². The molecule has 0 spiro atoms. The smallest absolute Gasteiger partial charge is 0.361 e. The van der Waals surface area contributed by atoms with Crippen molar-refractivity contribution in [2.24, 2.45) is 5.92 Å². The van der Waals surface area contributed by atoms with Gasteiger partial charge in [-0.15, -0.1) is 0 Å². The molecular formula is C16H24F3N3O. The van der Waals surface area contributed by atoms with E-state index in [1.807, 2.05) is 13.0 Å². The van der Waals surface area contributed by atoms with Gasteiger partial charge >= 0.3 is 6.18 Å². The topological polar surface area (TPSA) is 41.3 Å². The second kappa shape index (κ2) is 6.43. The lowest BCUT2D eigenvalue weighted by molar-refractivity contribution is -0.187. The lowest BCUT2D eigenvalue weighted by atomic mass is 9.83. The van der Waals surface area contributed by atoms with Crippen LogP contribution >= 0.6 is 0 Å². The van der Waals surface area contributed by atoms with Crippen LogP contribution in [0.4, 0.5) is 13.2 Å². The van der Waals surface area contributed by atoms with Gasteiger partial charge in [0, 0.05) is 18.2 Å². The molecule has 1 aliphatic heterocycles. The summed E-state index contributed by atoms with van der Waals surface area (Å²) in [6.07, 6.45) is -1.55. The summed E-state index contributed by atoms with van der Waals surface area (Å²) in [6.45, 7) is 5.06. The summed E-state index contributed by atoms with van der Waals surface area (Å²) in [5.41, 5.74) is 0.900. The summed E-state index contributed by atoms with van der Waals surface area (Å²) in [4.78, 5) is 2.23. The predicted octanol–water partition coefficient (Wildman–Crippen LogP) is 3.44. The summed E-state index contributed by atoms with van der Waals surface area (Å²) >= 11 is 0. The third-order valence-electron chi connectivity index (χ3n) is 5.20. The molecule has 3 rings (SSSR count). The number of halogens is 3. The minimum atomic E-state index is -4.03. The Kier molecular flexibility index (Phi) is 4.69. The highest BCUT2D eigenvalue weighted by atomic mass is 19.4. The van der Waals surface area contributed by atoms with E-state index in [0.717, 1.165) is 24.3 Å². The molecule has 1 unspecified atom stereocenters. The van der Waals surface area contributed by atoms with E-state index in [4.69, 9.17) is 4.52 Å². The molecule has 1 aromatic rings. The largest absolute Gasteiger partial charge is 0.391 e. The highest BCUT2D eigenvalue weighted by molar-refractivity contribution is 5.09. The third-order valence-corrected chi connectivity index (χ3v) is 5.20. The van der Waals surface area contributed by atoms with E-state index < -0.39 is 12.1 Å². The second-order valence-corrected chi connectivity index (χ2v) is 6.92. The number of aryl methyl sites for hydroxylation is 1. The van der Waals surface area contributed by atoms with Crippen molar-refractivity contribution in [1.29, 1.82) is 0 Å². The Labute approximate surface area is 134 Å². The maximum absolute atomic E-state index is 12.7. The molecule has 1 saturated carbocycles. The van der Waals surface area contributed by atoms with Crippen molar-refractivity contribution in [1.82, 2.24) is 15.4 Å². The van der Waals surface area contributed by atoms with Crippen LogP contribution in [0.5, 0.6) is 0 Å². The first-order valence-corrected chi connectivity index (χ1v) is 8.33. The molecule has 1 N–H and O–H groups in total. The number of piperidine rings is 1. The summed E-state index contributed by atoms with van der Waals surface area (Å²) in [5, 5.41) is 7.53. The average molecular weight is 331 g/mol. The molecule has 130 valence electrons. The van der Waals surface area contributed by atoms with Crippen LogP contribution in [0.15, 0.2) is 10.6 Å². The van der Waals surface area contributed by atoms with Gasteiger partial charge in [0.2, 0.25) is 0 Å². The fourth-order valence-corrected chi connectivity index (χ4v) is 3.64. The molecule has 4 nitrogen and oxygen atoms in total. The molecule has 1 aromatic heterocycles. The molecule has 2 heterocycles. The monoisotopic (exact) mass is 331 g/mol. The number of hydrogen-bond acceptors (Lipinski definition) is 4. The molecule has 2 fully saturated rings. The first-order chi connectivity index (χ1) is 10.8. The van der Waals surface area contributed by atoms with Gasteiger partial charge in [-0.1, -0.05) is 5.16 Å². The Morgan fingerprint density at radius 2 is 1.96 bits per heavy atom. The summed E-state index contributed by atoms with van der Waals surface area (Å²) < 4.78 is 43.2. The number of rotatable bonds is 4. The van der Waals surface area contributed by atoms with Crippen molar-refractivity contribution in [2.75, 3.05) is 13.1 Å². The van der Waals surface area contributed by atoms with Crippen LogP contribution in [0.2, 0.25) is 0 Å². The number of nitrogens with one attached hydrogen (secondary N) is 1. The Morgan fingerprint density at radius 1 is 1.30 bits per heavy atom. The Bertz CT molecular complexity index is 517. The van der Waals surface area contributed by atoms with Crippen molar-refractivity contribution in [3.05, 3.63) is 17.5 Å². The van der Waals surface area contributed by atoms with E-state index in [1.54, 1.807) is 0 Å². The minimum absolute atomic E-state index is 0.134. The lowest BCUT2D eigenvalue weighted by Gasteiger charge is -2.46. The number of hydrogen-bond donors (Lipinski definition) is 1. The van der Waals surface area contributed by atoms with Gasteiger partial charge in [-0.3, -0.25) is 0 Å². The highest BCUT2D eigenvalue weighted by Gasteiger charge is 2.43. The predicted molar refractivity (Wildman–Crippen MR) is 80.0 cm³/mol. The van der Waals surface area contributed by atoms with Crippen molar-refractivity contribution >= 4 is 0 Å². The molecule has 1 atom stereocenters. The van der Waals surface area contributed by atoms with Crippen LogP contribution in [0.1, 0.15) is 50.1 Å². The molecule has 23 heavy (non-hydrogen) atoms. The molecular weight excluding hydrogens is 307 g/mol. The van der Waals surface area contributed by atoms with Crippen LogP contribution in [0.3, 0.4) is 0 Å². The third kappa shape index (κ3) is 3.88. The zero-order chi connectivity index (χ0) is 16.6. The lowest BCUT2D eigenvalue weighted by Crippen LogP contribution is -2.55. The number of aromatic nitrogens is 1. The maximum Gasteiger partial charge on any atom is 0.391 e. The second-order valence-electron chi connectivity index (χ2n) is 6.92. The standard InChI is InChI=1S/C16H24F3N3O/c1-10-7-15(21-23-10)11(2)20-13-8-14(9-13)22-5-3-12(4-6-22)16(17,18)19/h7,11-14,20H,3-6,8-9H2,1-2H3. The summed E-state index contributed by atoms with van der Waals surface area (Å²) in [6, 6.07) is 2.89. The number of nitrogens with zero attached hydrogens (tertiary/aromatic N) is 2. The van der Waals surface area contributed by atoms with E-state index in [0.29, 0.717) is 25.2 Å². The van der Waals surface area contributed by atoms with Gasteiger partial charge in [0.1, 0.15) is 11.5 Å². The Balaban J connectivity index is 1.40. The molecule has 0 aromatic carbocycles. The van der Waals surface area contributed by atoms with E-state index in [-0.39, 0.29) is 18.9 Å². The Morgan fingerprint density at radius 3 is 2.48 bits per heavy atom. The van der Waals surface area contributed by atoms with Crippen LogP contribution in [0.25, 0.3) is 0 Å². The fraction of sp³-hybridized carbons (Fsp3) is 0.812. The van der Waals surface area contributed by atoms with Gasteiger partial charge in [-0.25, -0.2) is 0 Å². The van der Waals surface area contributed by atoms with Crippen molar-refractivity contribution in [3.63, 3.8) is 0 Å². The van der Waals surface area contributed by atoms with Crippen LogP contribution in [-0.2, 0) is 0 Å². The van der Waals surface area contributed by atoms with Gasteiger partial charge in [0.05, 0.1) is 12.0 Å². The molecule has 0 radical (unpaired) electrons. The summed E-state index contributed by atoms with van der Waals surface area (Å²) in [5.74, 6) is -0.309. The minimum Gasteiger partial charge on any atom is -0.361 e. The molecule has 1 saturated heterocycles. The van der Waals surface area contributed by atoms with E-state index in [1.165, 1.54) is 0 Å². The average Bonchev–Trinajstić information content (AvgIpc) is 2.88. The number of likely N-dealkylation sites (tertiary alicyclic amines) is 1. The van der Waals surface area contributed by atoms with E-state index in [9.17, 15) is 13.2 Å². The first-order valence-electron chi connectivity index (χ1n) is 8.33. The molecule has 1 aliphatic carbocycles. The van der Waals surface area contributed by atoms with Gasteiger partial charge in [-0.2, -0.15) is 13.2 Å². The SMILES string of the molecule is Cc1cc(C(C)NC2CC(N3CCC(C(F)(F)F)CC3)C2)no1. The first kappa shape index (κ1) is 16.8. The fourth-order valence-electron chi connectivity index (χ4n) is 3.64. The van der Waals surface area contributed by atoms with Crippen LogP contribution in [-0.4, -0.2) is 41.4 Å². The normalized spacial score (nSPS) is 28.6. The molecule has 7 heteroatoms. The van der Waals surface area contributed by atoms with Gasteiger partial charge in [0.25, 0.3) is 0 Å². The quantitative estimate of drug-likeness (QED) is 0.918. The van der Waals surface area contributed by atoms with Gasteiger partial charge in [-0.05, 0) is 52.6 Å². The number of alkyl halides is 3.